The van der Waals surface area contributed by atoms with E-state index in [4.69, 9.17) is 11.3 Å². The van der Waals surface area contributed by atoms with Crippen LogP contribution in [0.3, 0.4) is 0 Å². The Labute approximate surface area is 250 Å². The number of amides is 4. The molecule has 0 aromatic heterocycles. The SMILES string of the molecule is C=CCC(NC(=O)[C@@H]1C[C@H](N=[N+]=[N-])CN1C(=O)C(CC1CCCCC1)NC(=O)c1ccc2ccccc2c1)C(O)C(N)=O. The van der Waals surface area contributed by atoms with Gasteiger partial charge in [-0.1, -0.05) is 73.6 Å². The number of likely N-dealkylation sites (tertiary alicyclic amines) is 1. The van der Waals surface area contributed by atoms with Gasteiger partial charge in [-0.3, -0.25) is 19.2 Å². The minimum absolute atomic E-state index is 0.0154. The van der Waals surface area contributed by atoms with Crippen molar-refractivity contribution in [1.29, 1.82) is 0 Å². The molecule has 0 bridgehead atoms. The summed E-state index contributed by atoms with van der Waals surface area (Å²) in [6.07, 6.45) is 5.38. The Balaban J connectivity index is 1.59. The van der Waals surface area contributed by atoms with E-state index < -0.39 is 53.9 Å². The zero-order valence-electron chi connectivity index (χ0n) is 24.1. The zero-order chi connectivity index (χ0) is 30.9. The highest BCUT2D eigenvalue weighted by Crippen LogP contribution is 2.30. The highest BCUT2D eigenvalue weighted by molar-refractivity contribution is 6.01. The molecule has 1 heterocycles. The second-order valence-electron chi connectivity index (χ2n) is 11.4. The van der Waals surface area contributed by atoms with E-state index in [0.29, 0.717) is 12.0 Å². The molecule has 12 nitrogen and oxygen atoms in total. The lowest BCUT2D eigenvalue weighted by Crippen LogP contribution is -2.57. The molecule has 0 spiro atoms. The summed E-state index contributed by atoms with van der Waals surface area (Å²) < 4.78 is 0. The van der Waals surface area contributed by atoms with Crippen molar-refractivity contribution in [2.24, 2.45) is 16.8 Å². The smallest absolute Gasteiger partial charge is 0.251 e. The number of carbonyl (C=O) groups excluding carboxylic acids is 4. The Morgan fingerprint density at radius 2 is 1.84 bits per heavy atom. The monoisotopic (exact) mass is 589 g/mol. The molecule has 12 heteroatoms. The number of carbonyl (C=O) groups is 4. The van der Waals surface area contributed by atoms with E-state index in [1.165, 1.54) is 11.0 Å². The third kappa shape index (κ3) is 7.91. The van der Waals surface area contributed by atoms with E-state index in [-0.39, 0.29) is 25.3 Å². The number of hydrogen-bond donors (Lipinski definition) is 4. The molecule has 2 aliphatic rings. The molecule has 3 unspecified atom stereocenters. The molecule has 228 valence electrons. The molecule has 0 radical (unpaired) electrons. The first-order valence-corrected chi connectivity index (χ1v) is 14.7. The molecule has 2 fully saturated rings. The number of aliphatic hydroxyl groups is 1. The van der Waals surface area contributed by atoms with Crippen molar-refractivity contribution in [3.8, 4) is 0 Å². The van der Waals surface area contributed by atoms with Crippen molar-refractivity contribution in [3.63, 3.8) is 0 Å². The number of hydrogen-bond acceptors (Lipinski definition) is 6. The molecule has 1 aliphatic heterocycles. The standard InChI is InChI=1S/C31H39N7O5/c1-2-8-24(27(39)28(32)40)34-30(42)26-17-23(36-37-33)18-38(26)31(43)25(15-19-9-4-3-5-10-19)35-29(41)22-14-13-20-11-6-7-12-21(20)16-22/h2,6-7,11-14,16,19,23-27,39H,1,3-5,8-10,15,17-18H2,(H2,32,40)(H,34,42)(H,35,41)/t23-,24?,25?,26-,27?/m0/s1. The first kappa shape index (κ1) is 31.5. The molecule has 1 aliphatic carbocycles. The fraction of sp³-hybridized carbons (Fsp3) is 0.484. The van der Waals surface area contributed by atoms with Crippen LogP contribution in [0, 0.1) is 5.92 Å². The Kier molecular flexibility index (Phi) is 10.7. The topological polar surface area (TPSA) is 191 Å². The Bertz CT molecular complexity index is 1400. The third-order valence-corrected chi connectivity index (χ3v) is 8.41. The summed E-state index contributed by atoms with van der Waals surface area (Å²) in [5.74, 6) is -2.27. The van der Waals surface area contributed by atoms with Crippen LogP contribution in [-0.4, -0.2) is 70.5 Å². The van der Waals surface area contributed by atoms with Crippen LogP contribution in [0.15, 0.2) is 60.2 Å². The van der Waals surface area contributed by atoms with E-state index in [2.05, 4.69) is 27.2 Å². The normalized spacial score (nSPS) is 20.8. The van der Waals surface area contributed by atoms with Gasteiger partial charge in [0.2, 0.25) is 17.7 Å². The quantitative estimate of drug-likeness (QED) is 0.128. The van der Waals surface area contributed by atoms with Crippen molar-refractivity contribution in [3.05, 3.63) is 71.1 Å². The van der Waals surface area contributed by atoms with Gasteiger partial charge in [0.1, 0.15) is 12.1 Å². The van der Waals surface area contributed by atoms with Gasteiger partial charge in [0.15, 0.2) is 6.10 Å². The van der Waals surface area contributed by atoms with Crippen LogP contribution in [0.1, 0.15) is 61.7 Å². The summed E-state index contributed by atoms with van der Waals surface area (Å²) >= 11 is 0. The number of nitrogens with zero attached hydrogens (tertiary/aromatic N) is 4. The van der Waals surface area contributed by atoms with E-state index in [0.717, 1.165) is 42.9 Å². The summed E-state index contributed by atoms with van der Waals surface area (Å²) in [6, 6.07) is 9.33. The summed E-state index contributed by atoms with van der Waals surface area (Å²) in [5, 5.41) is 21.4. The molecule has 2 aromatic rings. The Hall–Kier alpha value is -4.41. The van der Waals surface area contributed by atoms with Crippen LogP contribution in [-0.2, 0) is 14.4 Å². The van der Waals surface area contributed by atoms with Crippen LogP contribution in [0.4, 0.5) is 0 Å². The zero-order valence-corrected chi connectivity index (χ0v) is 24.1. The molecule has 43 heavy (non-hydrogen) atoms. The fourth-order valence-electron chi connectivity index (χ4n) is 6.14. The molecule has 1 saturated carbocycles. The van der Waals surface area contributed by atoms with Crippen molar-refractivity contribution in [1.82, 2.24) is 15.5 Å². The molecule has 5 N–H and O–H groups in total. The fourth-order valence-corrected chi connectivity index (χ4v) is 6.14. The van der Waals surface area contributed by atoms with Gasteiger partial charge in [-0.25, -0.2) is 0 Å². The van der Waals surface area contributed by atoms with Gasteiger partial charge in [-0.15, -0.1) is 6.58 Å². The van der Waals surface area contributed by atoms with Crippen molar-refractivity contribution >= 4 is 34.4 Å². The number of nitrogens with one attached hydrogen (secondary N) is 2. The van der Waals surface area contributed by atoms with Crippen molar-refractivity contribution < 1.29 is 24.3 Å². The highest BCUT2D eigenvalue weighted by atomic mass is 16.3. The molecular weight excluding hydrogens is 550 g/mol. The number of fused-ring (bicyclic) bond motifs is 1. The van der Waals surface area contributed by atoms with Crippen LogP contribution < -0.4 is 16.4 Å². The molecule has 5 atom stereocenters. The average Bonchev–Trinajstić information content (AvgIpc) is 3.44. The first-order valence-electron chi connectivity index (χ1n) is 14.7. The van der Waals surface area contributed by atoms with E-state index in [1.807, 2.05) is 30.3 Å². The minimum atomic E-state index is -1.67. The Morgan fingerprint density at radius 1 is 1.12 bits per heavy atom. The lowest BCUT2D eigenvalue weighted by molar-refractivity contribution is -0.141. The maximum Gasteiger partial charge on any atom is 0.251 e. The molecule has 4 rings (SSSR count). The van der Waals surface area contributed by atoms with Crippen molar-refractivity contribution in [2.45, 2.75) is 81.6 Å². The van der Waals surface area contributed by atoms with Gasteiger partial charge < -0.3 is 26.4 Å². The van der Waals surface area contributed by atoms with Gasteiger partial charge >= 0.3 is 0 Å². The average molecular weight is 590 g/mol. The van der Waals surface area contributed by atoms with E-state index in [1.54, 1.807) is 12.1 Å². The number of aliphatic hydroxyl groups excluding tert-OH is 1. The maximum absolute atomic E-state index is 14.2. The van der Waals surface area contributed by atoms with Crippen LogP contribution in [0.2, 0.25) is 0 Å². The largest absolute Gasteiger partial charge is 0.381 e. The van der Waals surface area contributed by atoms with Crippen LogP contribution in [0.5, 0.6) is 0 Å². The predicted molar refractivity (Wildman–Crippen MR) is 161 cm³/mol. The Morgan fingerprint density at radius 3 is 2.51 bits per heavy atom. The summed E-state index contributed by atoms with van der Waals surface area (Å²) in [7, 11) is 0. The number of primary amides is 1. The first-order chi connectivity index (χ1) is 20.7. The number of azide groups is 1. The molecule has 2 aromatic carbocycles. The second kappa shape index (κ2) is 14.7. The van der Waals surface area contributed by atoms with Gasteiger partial charge in [0, 0.05) is 17.0 Å². The number of benzene rings is 2. The predicted octanol–water partition coefficient (Wildman–Crippen LogP) is 3.10. The number of rotatable bonds is 12. The third-order valence-electron chi connectivity index (χ3n) is 8.41. The van der Waals surface area contributed by atoms with Crippen LogP contribution in [0.25, 0.3) is 21.2 Å². The van der Waals surface area contributed by atoms with E-state index in [9.17, 15) is 24.3 Å². The van der Waals surface area contributed by atoms with E-state index >= 15 is 0 Å². The van der Waals surface area contributed by atoms with Gasteiger partial charge in [0.25, 0.3) is 5.91 Å². The van der Waals surface area contributed by atoms with Gasteiger partial charge in [-0.05, 0) is 53.6 Å². The summed E-state index contributed by atoms with van der Waals surface area (Å²) in [5.41, 5.74) is 14.7. The van der Waals surface area contributed by atoms with Crippen LogP contribution >= 0.6 is 0 Å². The lowest BCUT2D eigenvalue weighted by Gasteiger charge is -2.32. The van der Waals surface area contributed by atoms with Crippen molar-refractivity contribution in [2.75, 3.05) is 6.54 Å². The second-order valence-corrected chi connectivity index (χ2v) is 11.4. The molecule has 1 saturated heterocycles. The number of nitrogens with two attached hydrogens (primary N) is 1. The highest BCUT2D eigenvalue weighted by Gasteiger charge is 2.43. The minimum Gasteiger partial charge on any atom is -0.381 e. The van der Waals surface area contributed by atoms with Gasteiger partial charge in [0.05, 0.1) is 12.1 Å². The molecular formula is C31H39N7O5. The lowest BCUT2D eigenvalue weighted by atomic mass is 9.84. The molecule has 4 amide bonds. The maximum atomic E-state index is 14.2. The summed E-state index contributed by atoms with van der Waals surface area (Å²) in [6.45, 7) is 3.58. The van der Waals surface area contributed by atoms with Gasteiger partial charge in [-0.2, -0.15) is 0 Å². The summed E-state index contributed by atoms with van der Waals surface area (Å²) in [4.78, 5) is 57.0.